The van der Waals surface area contributed by atoms with Crippen LogP contribution in [0.1, 0.15) is 38.0 Å². The van der Waals surface area contributed by atoms with Crippen molar-refractivity contribution < 1.29 is 4.79 Å². The first-order chi connectivity index (χ1) is 10.6. The van der Waals surface area contributed by atoms with E-state index in [0.29, 0.717) is 17.9 Å². The fourth-order valence-electron chi connectivity index (χ4n) is 2.93. The van der Waals surface area contributed by atoms with Crippen molar-refractivity contribution in [2.75, 3.05) is 18.4 Å². The zero-order valence-corrected chi connectivity index (χ0v) is 12.9. The van der Waals surface area contributed by atoms with E-state index in [1.165, 1.54) is 6.92 Å². The Hall–Kier alpha value is -2.21. The van der Waals surface area contributed by atoms with E-state index in [2.05, 4.69) is 33.3 Å². The molecular weight excluding hydrogens is 278 g/mol. The molecule has 116 valence electrons. The van der Waals surface area contributed by atoms with Gasteiger partial charge in [0.1, 0.15) is 0 Å². The molecule has 1 saturated heterocycles. The van der Waals surface area contributed by atoms with Crippen LogP contribution in [-0.2, 0) is 4.79 Å². The number of aromatic nitrogens is 3. The molecule has 0 spiro atoms. The molecule has 1 aliphatic heterocycles. The second kappa shape index (κ2) is 6.27. The number of amides is 1. The lowest BCUT2D eigenvalue weighted by Gasteiger charge is -2.23. The molecule has 3 heterocycles. The minimum atomic E-state index is -0.0953. The van der Waals surface area contributed by atoms with Crippen LogP contribution >= 0.6 is 0 Å². The van der Waals surface area contributed by atoms with E-state index >= 15 is 0 Å². The fraction of sp³-hybridized carbons (Fsp3) is 0.438. The molecule has 0 aliphatic carbocycles. The number of nitrogens with one attached hydrogen (secondary N) is 1. The number of anilines is 1. The largest absolute Gasteiger partial charge is 0.309 e. The summed E-state index contributed by atoms with van der Waals surface area (Å²) in [6, 6.07) is 8.52. The van der Waals surface area contributed by atoms with Gasteiger partial charge in [-0.15, -0.1) is 0 Å². The van der Waals surface area contributed by atoms with Crippen LogP contribution in [0.2, 0.25) is 0 Å². The average molecular weight is 299 g/mol. The fourth-order valence-corrected chi connectivity index (χ4v) is 2.93. The molecular formula is C16H21N5O. The molecule has 0 bridgehead atoms. The Kier molecular flexibility index (Phi) is 4.20. The zero-order valence-electron chi connectivity index (χ0n) is 12.9. The lowest BCUT2D eigenvalue weighted by Crippen LogP contribution is -2.26. The molecule has 0 radical (unpaired) electrons. The third-order valence-corrected chi connectivity index (χ3v) is 4.14. The summed E-state index contributed by atoms with van der Waals surface area (Å²) in [5.41, 5.74) is 1.10. The Bertz CT molecular complexity index is 639. The minimum absolute atomic E-state index is 0.0953. The van der Waals surface area contributed by atoms with Gasteiger partial charge in [0.05, 0.1) is 11.7 Å². The normalized spacial score (nSPS) is 20.0. The highest BCUT2D eigenvalue weighted by Gasteiger charge is 2.28. The molecule has 1 fully saturated rings. The summed E-state index contributed by atoms with van der Waals surface area (Å²) in [7, 11) is 0. The maximum Gasteiger partial charge on any atom is 0.222 e. The molecule has 2 atom stereocenters. The SMILES string of the molecule is CC(=O)Nc1ccn([C@H]2CCN([C@H](C)c3ccccn3)C2)n1. The van der Waals surface area contributed by atoms with E-state index < -0.39 is 0 Å². The van der Waals surface area contributed by atoms with Gasteiger partial charge < -0.3 is 5.32 Å². The Morgan fingerprint density at radius 3 is 3.00 bits per heavy atom. The monoisotopic (exact) mass is 299 g/mol. The van der Waals surface area contributed by atoms with Crippen molar-refractivity contribution in [1.29, 1.82) is 0 Å². The number of carbonyl (C=O) groups is 1. The Morgan fingerprint density at radius 2 is 2.27 bits per heavy atom. The summed E-state index contributed by atoms with van der Waals surface area (Å²) in [5.74, 6) is 0.519. The first-order valence-corrected chi connectivity index (χ1v) is 7.61. The number of rotatable bonds is 4. The molecule has 1 amide bonds. The number of nitrogens with zero attached hydrogens (tertiary/aromatic N) is 4. The smallest absolute Gasteiger partial charge is 0.222 e. The van der Waals surface area contributed by atoms with Gasteiger partial charge in [0, 0.05) is 44.5 Å². The first kappa shape index (κ1) is 14.7. The van der Waals surface area contributed by atoms with E-state index in [1.807, 2.05) is 35.3 Å². The van der Waals surface area contributed by atoms with Crippen LogP contribution in [0, 0.1) is 0 Å². The number of carbonyl (C=O) groups excluding carboxylic acids is 1. The summed E-state index contributed by atoms with van der Waals surface area (Å²) in [6.45, 7) is 5.65. The Balaban J connectivity index is 1.64. The van der Waals surface area contributed by atoms with E-state index in [1.54, 1.807) is 0 Å². The van der Waals surface area contributed by atoms with Crippen molar-refractivity contribution in [2.45, 2.75) is 32.4 Å². The Labute approximate surface area is 130 Å². The number of likely N-dealkylation sites (tertiary alicyclic amines) is 1. The summed E-state index contributed by atoms with van der Waals surface area (Å²) in [5, 5.41) is 7.16. The highest BCUT2D eigenvalue weighted by Crippen LogP contribution is 2.28. The van der Waals surface area contributed by atoms with Crippen molar-refractivity contribution >= 4 is 11.7 Å². The van der Waals surface area contributed by atoms with E-state index in [0.717, 1.165) is 25.2 Å². The van der Waals surface area contributed by atoms with Crippen LogP contribution in [0.5, 0.6) is 0 Å². The second-order valence-electron chi connectivity index (χ2n) is 5.73. The van der Waals surface area contributed by atoms with E-state index in [4.69, 9.17) is 0 Å². The van der Waals surface area contributed by atoms with Crippen LogP contribution in [-0.4, -0.2) is 38.7 Å². The van der Waals surface area contributed by atoms with E-state index in [9.17, 15) is 4.79 Å². The number of pyridine rings is 1. The summed E-state index contributed by atoms with van der Waals surface area (Å²) in [6.07, 6.45) is 4.83. The lowest BCUT2D eigenvalue weighted by atomic mass is 10.2. The molecule has 22 heavy (non-hydrogen) atoms. The molecule has 0 unspecified atom stereocenters. The molecule has 0 saturated carbocycles. The van der Waals surface area contributed by atoms with Gasteiger partial charge in [-0.2, -0.15) is 5.10 Å². The van der Waals surface area contributed by atoms with Gasteiger partial charge in [-0.25, -0.2) is 0 Å². The molecule has 3 rings (SSSR count). The summed E-state index contributed by atoms with van der Waals surface area (Å²) in [4.78, 5) is 17.9. The topological polar surface area (TPSA) is 63.1 Å². The summed E-state index contributed by atoms with van der Waals surface area (Å²) >= 11 is 0. The quantitative estimate of drug-likeness (QED) is 0.940. The maximum atomic E-state index is 11.1. The van der Waals surface area contributed by atoms with Crippen molar-refractivity contribution in [3.63, 3.8) is 0 Å². The lowest BCUT2D eigenvalue weighted by molar-refractivity contribution is -0.114. The first-order valence-electron chi connectivity index (χ1n) is 7.61. The molecule has 2 aromatic rings. The molecule has 6 heteroatoms. The van der Waals surface area contributed by atoms with Gasteiger partial charge in [0.25, 0.3) is 0 Å². The third kappa shape index (κ3) is 3.17. The van der Waals surface area contributed by atoms with Gasteiger partial charge in [0.15, 0.2) is 5.82 Å². The van der Waals surface area contributed by atoms with Gasteiger partial charge in [-0.05, 0) is 25.5 Å². The standard InChI is InChI=1S/C16H21N5O/c1-12(15-5-3-4-8-17-15)20-9-6-14(11-20)21-10-7-16(19-21)18-13(2)22/h3-5,7-8,10,12,14H,6,9,11H2,1-2H3,(H,18,19,22)/t12-,14+/m1/s1. The van der Waals surface area contributed by atoms with Crippen molar-refractivity contribution in [3.05, 3.63) is 42.4 Å². The van der Waals surface area contributed by atoms with Gasteiger partial charge in [-0.1, -0.05) is 6.07 Å². The summed E-state index contributed by atoms with van der Waals surface area (Å²) < 4.78 is 1.95. The van der Waals surface area contributed by atoms with Crippen LogP contribution in [0.4, 0.5) is 5.82 Å². The number of hydrogen-bond acceptors (Lipinski definition) is 4. The second-order valence-corrected chi connectivity index (χ2v) is 5.73. The predicted molar refractivity (Wildman–Crippen MR) is 84.4 cm³/mol. The Morgan fingerprint density at radius 1 is 1.41 bits per heavy atom. The van der Waals surface area contributed by atoms with Crippen LogP contribution in [0.3, 0.4) is 0 Å². The molecule has 2 aromatic heterocycles. The van der Waals surface area contributed by atoms with Crippen LogP contribution < -0.4 is 5.32 Å². The van der Waals surface area contributed by atoms with Crippen LogP contribution in [0.15, 0.2) is 36.7 Å². The van der Waals surface area contributed by atoms with Crippen molar-refractivity contribution in [1.82, 2.24) is 19.7 Å². The maximum absolute atomic E-state index is 11.1. The molecule has 6 nitrogen and oxygen atoms in total. The van der Waals surface area contributed by atoms with Gasteiger partial charge in [-0.3, -0.25) is 19.4 Å². The van der Waals surface area contributed by atoms with Crippen LogP contribution in [0.25, 0.3) is 0 Å². The molecule has 0 aromatic carbocycles. The number of hydrogen-bond donors (Lipinski definition) is 1. The molecule has 1 aliphatic rings. The highest BCUT2D eigenvalue weighted by molar-refractivity contribution is 5.87. The third-order valence-electron chi connectivity index (χ3n) is 4.14. The van der Waals surface area contributed by atoms with Gasteiger partial charge >= 0.3 is 0 Å². The average Bonchev–Trinajstić information content (AvgIpc) is 3.15. The van der Waals surface area contributed by atoms with E-state index in [-0.39, 0.29) is 5.91 Å². The zero-order chi connectivity index (χ0) is 15.5. The highest BCUT2D eigenvalue weighted by atomic mass is 16.1. The predicted octanol–water partition coefficient (Wildman–Crippen LogP) is 2.24. The van der Waals surface area contributed by atoms with Gasteiger partial charge in [0.2, 0.25) is 5.91 Å². The minimum Gasteiger partial charge on any atom is -0.309 e. The molecule has 1 N–H and O–H groups in total. The van der Waals surface area contributed by atoms with Crippen molar-refractivity contribution in [3.8, 4) is 0 Å². The van der Waals surface area contributed by atoms with Crippen molar-refractivity contribution in [2.24, 2.45) is 0 Å².